The molecule has 1 fully saturated rings. The van der Waals surface area contributed by atoms with Crippen molar-refractivity contribution < 1.29 is 39.1 Å². The van der Waals surface area contributed by atoms with Gasteiger partial charge in [0.15, 0.2) is 6.61 Å². The third-order valence-electron chi connectivity index (χ3n) is 4.41. The minimum absolute atomic E-state index is 0.0895. The largest absolute Gasteiger partial charge is 0.482 e. The lowest BCUT2D eigenvalue weighted by atomic mass is 10.3. The molecule has 7 nitrogen and oxygen atoms in total. The van der Waals surface area contributed by atoms with Gasteiger partial charge in [0, 0.05) is 19.2 Å². The second kappa shape index (κ2) is 8.63. The first-order chi connectivity index (χ1) is 14.4. The third kappa shape index (κ3) is 5.66. The summed E-state index contributed by atoms with van der Waals surface area (Å²) in [5, 5.41) is 0. The molecule has 3 rings (SSSR count). The summed E-state index contributed by atoms with van der Waals surface area (Å²) in [5.41, 5.74) is -0.530. The number of hydrogen-bond donors (Lipinski definition) is 1. The SMILES string of the molecule is O=S(=O)(Nc1cc(F)ccc1OCC(F)(F)F)c1ccc(S(=O)(=O)N2CCCC2)cc1. The van der Waals surface area contributed by atoms with Crippen LogP contribution in [-0.2, 0) is 20.0 Å². The molecule has 170 valence electrons. The third-order valence-corrected chi connectivity index (χ3v) is 7.71. The molecule has 0 spiro atoms. The van der Waals surface area contributed by atoms with E-state index in [1.165, 1.54) is 4.31 Å². The molecule has 1 aliphatic heterocycles. The van der Waals surface area contributed by atoms with E-state index in [-0.39, 0.29) is 9.79 Å². The average Bonchev–Trinajstić information content (AvgIpc) is 3.22. The first-order valence-corrected chi connectivity index (χ1v) is 11.9. The quantitative estimate of drug-likeness (QED) is 0.611. The fourth-order valence-electron chi connectivity index (χ4n) is 2.94. The fraction of sp³-hybridized carbons (Fsp3) is 0.333. The zero-order valence-electron chi connectivity index (χ0n) is 15.9. The zero-order chi connectivity index (χ0) is 22.9. The fourth-order valence-corrected chi connectivity index (χ4v) is 5.52. The molecule has 1 aliphatic rings. The van der Waals surface area contributed by atoms with E-state index in [0.29, 0.717) is 19.2 Å². The lowest BCUT2D eigenvalue weighted by molar-refractivity contribution is -0.153. The summed E-state index contributed by atoms with van der Waals surface area (Å²) in [7, 11) is -8.13. The van der Waals surface area contributed by atoms with Gasteiger partial charge >= 0.3 is 6.18 Å². The van der Waals surface area contributed by atoms with Crippen LogP contribution in [0.25, 0.3) is 0 Å². The van der Waals surface area contributed by atoms with Crippen LogP contribution in [0.4, 0.5) is 23.2 Å². The van der Waals surface area contributed by atoms with E-state index in [0.717, 1.165) is 49.2 Å². The standard InChI is InChI=1S/C18H18F4N2O5S2/c19-13-3-8-17(29-12-18(20,21)22)16(11-13)23-30(25,26)14-4-6-15(7-5-14)31(27,28)24-9-1-2-10-24/h3-8,11,23H,1-2,9-10,12H2. The van der Waals surface area contributed by atoms with E-state index >= 15 is 0 Å². The molecule has 0 saturated carbocycles. The van der Waals surface area contributed by atoms with Crippen LogP contribution in [0.15, 0.2) is 52.3 Å². The minimum Gasteiger partial charge on any atom is -0.482 e. The lowest BCUT2D eigenvalue weighted by Crippen LogP contribution is -2.27. The van der Waals surface area contributed by atoms with Crippen LogP contribution < -0.4 is 9.46 Å². The number of sulfonamides is 2. The second-order valence-corrected chi connectivity index (χ2v) is 10.4. The van der Waals surface area contributed by atoms with Gasteiger partial charge < -0.3 is 4.74 Å². The molecule has 0 aliphatic carbocycles. The van der Waals surface area contributed by atoms with Gasteiger partial charge in [-0.2, -0.15) is 17.5 Å². The van der Waals surface area contributed by atoms with Crippen LogP contribution in [0, 0.1) is 5.82 Å². The van der Waals surface area contributed by atoms with Crippen LogP contribution in [0.1, 0.15) is 12.8 Å². The number of alkyl halides is 3. The predicted octanol–water partition coefficient (Wildman–Crippen LogP) is 3.35. The summed E-state index contributed by atoms with van der Waals surface area (Å²) in [6.07, 6.45) is -3.20. The number of hydrogen-bond acceptors (Lipinski definition) is 5. The number of benzene rings is 2. The van der Waals surface area contributed by atoms with Crippen molar-refractivity contribution in [2.75, 3.05) is 24.4 Å². The summed E-state index contributed by atoms with van der Waals surface area (Å²) in [6, 6.07) is 6.69. The molecule has 0 radical (unpaired) electrons. The van der Waals surface area contributed by atoms with E-state index in [4.69, 9.17) is 0 Å². The Hall–Kier alpha value is -2.38. The van der Waals surface area contributed by atoms with E-state index in [1.807, 2.05) is 4.72 Å². The van der Waals surface area contributed by atoms with Crippen LogP contribution in [0.2, 0.25) is 0 Å². The van der Waals surface area contributed by atoms with Crippen molar-refractivity contribution in [1.82, 2.24) is 4.31 Å². The molecular weight excluding hydrogens is 464 g/mol. The molecule has 0 amide bonds. The van der Waals surface area contributed by atoms with Gasteiger partial charge in [0.25, 0.3) is 10.0 Å². The number of nitrogens with zero attached hydrogens (tertiary/aromatic N) is 1. The molecule has 0 unspecified atom stereocenters. The van der Waals surface area contributed by atoms with Crippen molar-refractivity contribution >= 4 is 25.7 Å². The molecule has 1 heterocycles. The van der Waals surface area contributed by atoms with Crippen LogP contribution in [0.5, 0.6) is 5.75 Å². The highest BCUT2D eigenvalue weighted by atomic mass is 32.2. The first-order valence-electron chi connectivity index (χ1n) is 9.01. The van der Waals surface area contributed by atoms with Gasteiger partial charge in [0.05, 0.1) is 15.5 Å². The van der Waals surface area contributed by atoms with Crippen molar-refractivity contribution in [2.45, 2.75) is 28.8 Å². The Morgan fingerprint density at radius 1 is 0.935 bits per heavy atom. The molecular formula is C18H18F4N2O5S2. The molecule has 13 heteroatoms. The number of ether oxygens (including phenoxy) is 1. The van der Waals surface area contributed by atoms with Crippen molar-refractivity contribution in [1.29, 1.82) is 0 Å². The number of anilines is 1. The summed E-state index contributed by atoms with van der Waals surface area (Å²) >= 11 is 0. The molecule has 1 N–H and O–H groups in total. The van der Waals surface area contributed by atoms with E-state index < -0.39 is 50.1 Å². The van der Waals surface area contributed by atoms with E-state index in [9.17, 15) is 34.4 Å². The number of nitrogens with one attached hydrogen (secondary N) is 1. The van der Waals surface area contributed by atoms with Gasteiger partial charge in [-0.05, 0) is 49.2 Å². The van der Waals surface area contributed by atoms with Gasteiger partial charge in [-0.1, -0.05) is 0 Å². The molecule has 0 bridgehead atoms. The monoisotopic (exact) mass is 482 g/mol. The normalized spacial score (nSPS) is 15.7. The van der Waals surface area contributed by atoms with Gasteiger partial charge in [0.2, 0.25) is 10.0 Å². The van der Waals surface area contributed by atoms with Crippen molar-refractivity contribution in [3.05, 3.63) is 48.3 Å². The highest BCUT2D eigenvalue weighted by Gasteiger charge is 2.30. The highest BCUT2D eigenvalue weighted by molar-refractivity contribution is 7.92. The van der Waals surface area contributed by atoms with Gasteiger partial charge in [0.1, 0.15) is 11.6 Å². The Bertz CT molecular complexity index is 1140. The molecule has 31 heavy (non-hydrogen) atoms. The molecule has 2 aromatic rings. The Balaban J connectivity index is 1.83. The Labute approximate surface area is 176 Å². The lowest BCUT2D eigenvalue weighted by Gasteiger charge is -2.16. The number of halogens is 4. The molecule has 0 atom stereocenters. The van der Waals surface area contributed by atoms with Crippen LogP contribution in [0.3, 0.4) is 0 Å². The van der Waals surface area contributed by atoms with Crippen LogP contribution >= 0.6 is 0 Å². The predicted molar refractivity (Wildman–Crippen MR) is 103 cm³/mol. The molecule has 2 aromatic carbocycles. The highest BCUT2D eigenvalue weighted by Crippen LogP contribution is 2.30. The number of rotatable bonds is 7. The van der Waals surface area contributed by atoms with Gasteiger partial charge in [-0.25, -0.2) is 21.2 Å². The van der Waals surface area contributed by atoms with Crippen molar-refractivity contribution in [3.8, 4) is 5.75 Å². The van der Waals surface area contributed by atoms with E-state index in [1.54, 1.807) is 0 Å². The maximum absolute atomic E-state index is 13.5. The van der Waals surface area contributed by atoms with Gasteiger partial charge in [-0.3, -0.25) is 4.72 Å². The Morgan fingerprint density at radius 3 is 2.10 bits per heavy atom. The maximum atomic E-state index is 13.5. The molecule has 1 saturated heterocycles. The summed E-state index contributed by atoms with van der Waals surface area (Å²) in [5.74, 6) is -1.42. The average molecular weight is 482 g/mol. The van der Waals surface area contributed by atoms with Crippen molar-refractivity contribution in [3.63, 3.8) is 0 Å². The summed E-state index contributed by atoms with van der Waals surface area (Å²) < 4.78 is 109. The van der Waals surface area contributed by atoms with E-state index in [2.05, 4.69) is 4.74 Å². The second-order valence-electron chi connectivity index (χ2n) is 6.73. The zero-order valence-corrected chi connectivity index (χ0v) is 17.5. The smallest absolute Gasteiger partial charge is 0.422 e. The Kier molecular flexibility index (Phi) is 6.48. The summed E-state index contributed by atoms with van der Waals surface area (Å²) in [4.78, 5) is -0.452. The Morgan fingerprint density at radius 2 is 1.52 bits per heavy atom. The summed E-state index contributed by atoms with van der Waals surface area (Å²) in [6.45, 7) is -0.940. The minimum atomic E-state index is -4.68. The van der Waals surface area contributed by atoms with Crippen LogP contribution in [-0.4, -0.2) is 47.0 Å². The maximum Gasteiger partial charge on any atom is 0.422 e. The topological polar surface area (TPSA) is 92.8 Å². The van der Waals surface area contributed by atoms with Crippen molar-refractivity contribution in [2.24, 2.45) is 0 Å². The first kappa shape index (κ1) is 23.3. The van der Waals surface area contributed by atoms with Gasteiger partial charge in [-0.15, -0.1) is 0 Å². The molecule has 0 aromatic heterocycles.